The summed E-state index contributed by atoms with van der Waals surface area (Å²) in [5.74, 6) is 0.116. The molecule has 1 heterocycles. The lowest BCUT2D eigenvalue weighted by molar-refractivity contribution is -0.130. The summed E-state index contributed by atoms with van der Waals surface area (Å²) in [6, 6.07) is 10.2. The first-order valence-electron chi connectivity index (χ1n) is 8.03. The van der Waals surface area contributed by atoms with Crippen LogP contribution >= 0.6 is 0 Å². The van der Waals surface area contributed by atoms with Crippen LogP contribution in [0.5, 0.6) is 0 Å². The number of nitrogens with zero attached hydrogens (tertiary/aromatic N) is 3. The Labute approximate surface area is 138 Å². The normalized spacial score (nSPS) is 10.8. The van der Waals surface area contributed by atoms with Crippen molar-refractivity contribution in [3.63, 3.8) is 0 Å². The summed E-state index contributed by atoms with van der Waals surface area (Å²) in [6.45, 7) is 5.71. The number of hydrogen-bond donors (Lipinski definition) is 1. The van der Waals surface area contributed by atoms with Crippen LogP contribution in [-0.2, 0) is 24.7 Å². The molecule has 1 aromatic carbocycles. The van der Waals surface area contributed by atoms with E-state index in [2.05, 4.69) is 17.2 Å². The molecule has 0 spiro atoms. The zero-order valence-corrected chi connectivity index (χ0v) is 14.2. The second-order valence-electron chi connectivity index (χ2n) is 5.85. The summed E-state index contributed by atoms with van der Waals surface area (Å²) >= 11 is 0. The van der Waals surface area contributed by atoms with Crippen LogP contribution in [0, 0.1) is 13.8 Å². The summed E-state index contributed by atoms with van der Waals surface area (Å²) in [5.41, 5.74) is 9.92. The van der Waals surface area contributed by atoms with Gasteiger partial charge in [0.1, 0.15) is 0 Å². The van der Waals surface area contributed by atoms with Gasteiger partial charge in [-0.3, -0.25) is 9.48 Å². The van der Waals surface area contributed by atoms with Gasteiger partial charge in [-0.15, -0.1) is 0 Å². The van der Waals surface area contributed by atoms with Crippen molar-refractivity contribution in [2.75, 3.05) is 19.6 Å². The maximum absolute atomic E-state index is 12.7. The van der Waals surface area contributed by atoms with Gasteiger partial charge in [-0.25, -0.2) is 0 Å². The molecule has 0 saturated heterocycles. The predicted molar refractivity (Wildman–Crippen MR) is 92.2 cm³/mol. The van der Waals surface area contributed by atoms with Gasteiger partial charge in [-0.1, -0.05) is 30.3 Å². The molecule has 2 N–H and O–H groups in total. The van der Waals surface area contributed by atoms with Gasteiger partial charge in [-0.2, -0.15) is 5.10 Å². The zero-order chi connectivity index (χ0) is 16.8. The van der Waals surface area contributed by atoms with E-state index in [1.165, 1.54) is 5.56 Å². The lowest BCUT2D eigenvalue weighted by Crippen LogP contribution is -2.38. The van der Waals surface area contributed by atoms with Crippen LogP contribution in [0.2, 0.25) is 0 Å². The van der Waals surface area contributed by atoms with E-state index in [0.29, 0.717) is 26.1 Å². The molecule has 0 aliphatic carbocycles. The summed E-state index contributed by atoms with van der Waals surface area (Å²) in [7, 11) is 1.91. The monoisotopic (exact) mass is 314 g/mol. The molecule has 0 fully saturated rings. The number of carbonyl (C=O) groups is 1. The largest absolute Gasteiger partial charge is 0.341 e. The minimum atomic E-state index is 0.116. The van der Waals surface area contributed by atoms with Crippen LogP contribution in [0.25, 0.3) is 0 Å². The minimum Gasteiger partial charge on any atom is -0.341 e. The molecule has 2 rings (SSSR count). The van der Waals surface area contributed by atoms with Crippen molar-refractivity contribution in [3.05, 3.63) is 52.8 Å². The lowest BCUT2D eigenvalue weighted by atomic mass is 10.1. The second-order valence-corrected chi connectivity index (χ2v) is 5.85. The zero-order valence-electron chi connectivity index (χ0n) is 14.2. The standard InChI is InChI=1S/C18H26N4O/c1-14-17(15(2)21(3)20-14)13-18(23)22(12-10-19)11-9-16-7-5-4-6-8-16/h4-8H,9-13,19H2,1-3H3. The quantitative estimate of drug-likeness (QED) is 0.844. The molecular formula is C18H26N4O. The topological polar surface area (TPSA) is 64.2 Å². The Morgan fingerprint density at radius 1 is 1.22 bits per heavy atom. The third-order valence-corrected chi connectivity index (χ3v) is 4.25. The molecular weight excluding hydrogens is 288 g/mol. The van der Waals surface area contributed by atoms with Crippen LogP contribution < -0.4 is 5.73 Å². The number of nitrogens with two attached hydrogens (primary N) is 1. The Kier molecular flexibility index (Phi) is 5.93. The number of benzene rings is 1. The molecule has 23 heavy (non-hydrogen) atoms. The Balaban J connectivity index is 2.03. The van der Waals surface area contributed by atoms with Crippen molar-refractivity contribution in [3.8, 4) is 0 Å². The fourth-order valence-electron chi connectivity index (χ4n) is 2.76. The fourth-order valence-corrected chi connectivity index (χ4v) is 2.76. The molecule has 0 saturated carbocycles. The average Bonchev–Trinajstić information content (AvgIpc) is 2.78. The summed E-state index contributed by atoms with van der Waals surface area (Å²) in [6.07, 6.45) is 1.23. The van der Waals surface area contributed by atoms with E-state index >= 15 is 0 Å². The average molecular weight is 314 g/mol. The highest BCUT2D eigenvalue weighted by atomic mass is 16.2. The van der Waals surface area contributed by atoms with Crippen molar-refractivity contribution in [1.29, 1.82) is 0 Å². The molecule has 0 radical (unpaired) electrons. The van der Waals surface area contributed by atoms with Crippen molar-refractivity contribution >= 4 is 5.91 Å². The number of rotatable bonds is 7. The van der Waals surface area contributed by atoms with Crippen molar-refractivity contribution in [2.45, 2.75) is 26.7 Å². The van der Waals surface area contributed by atoms with Gasteiger partial charge in [-0.05, 0) is 25.8 Å². The van der Waals surface area contributed by atoms with Gasteiger partial charge in [0.15, 0.2) is 0 Å². The van der Waals surface area contributed by atoms with Crippen LogP contribution in [0.4, 0.5) is 0 Å². The highest BCUT2D eigenvalue weighted by molar-refractivity contribution is 5.79. The van der Waals surface area contributed by atoms with Gasteiger partial charge >= 0.3 is 0 Å². The van der Waals surface area contributed by atoms with Crippen molar-refractivity contribution in [2.24, 2.45) is 12.8 Å². The third-order valence-electron chi connectivity index (χ3n) is 4.25. The number of carbonyl (C=O) groups excluding carboxylic acids is 1. The molecule has 0 unspecified atom stereocenters. The minimum absolute atomic E-state index is 0.116. The summed E-state index contributed by atoms with van der Waals surface area (Å²) < 4.78 is 1.83. The molecule has 0 aliphatic rings. The Morgan fingerprint density at radius 2 is 1.91 bits per heavy atom. The molecule has 5 heteroatoms. The first kappa shape index (κ1) is 17.2. The van der Waals surface area contributed by atoms with Gasteiger partial charge in [0.05, 0.1) is 12.1 Å². The number of aromatic nitrogens is 2. The van der Waals surface area contributed by atoms with E-state index in [0.717, 1.165) is 23.4 Å². The number of hydrogen-bond acceptors (Lipinski definition) is 3. The Hall–Kier alpha value is -2.14. The molecule has 0 atom stereocenters. The van der Waals surface area contributed by atoms with Gasteiger partial charge in [0, 0.05) is 37.9 Å². The van der Waals surface area contributed by atoms with E-state index in [1.807, 2.05) is 48.7 Å². The smallest absolute Gasteiger partial charge is 0.227 e. The van der Waals surface area contributed by atoms with E-state index in [1.54, 1.807) is 0 Å². The summed E-state index contributed by atoms with van der Waals surface area (Å²) in [5, 5.41) is 4.38. The third kappa shape index (κ3) is 4.42. The molecule has 0 bridgehead atoms. The van der Waals surface area contributed by atoms with Crippen molar-refractivity contribution in [1.82, 2.24) is 14.7 Å². The molecule has 5 nitrogen and oxygen atoms in total. The van der Waals surface area contributed by atoms with Crippen molar-refractivity contribution < 1.29 is 4.79 Å². The first-order valence-corrected chi connectivity index (χ1v) is 8.03. The predicted octanol–water partition coefficient (Wildman–Crippen LogP) is 1.61. The number of aryl methyl sites for hydroxylation is 2. The molecule has 1 aromatic heterocycles. The molecule has 1 amide bonds. The summed E-state index contributed by atoms with van der Waals surface area (Å²) in [4.78, 5) is 14.5. The van der Waals surface area contributed by atoms with E-state index in [4.69, 9.17) is 5.73 Å². The van der Waals surface area contributed by atoms with Crippen LogP contribution in [0.3, 0.4) is 0 Å². The highest BCUT2D eigenvalue weighted by Gasteiger charge is 2.18. The highest BCUT2D eigenvalue weighted by Crippen LogP contribution is 2.14. The molecule has 124 valence electrons. The Morgan fingerprint density at radius 3 is 2.48 bits per heavy atom. The fraction of sp³-hybridized carbons (Fsp3) is 0.444. The number of amides is 1. The van der Waals surface area contributed by atoms with E-state index < -0.39 is 0 Å². The van der Waals surface area contributed by atoms with Gasteiger partial charge < -0.3 is 10.6 Å². The SMILES string of the molecule is Cc1nn(C)c(C)c1CC(=O)N(CCN)CCc1ccccc1. The van der Waals surface area contributed by atoms with E-state index in [-0.39, 0.29) is 5.91 Å². The van der Waals surface area contributed by atoms with Crippen LogP contribution in [0.15, 0.2) is 30.3 Å². The molecule has 2 aromatic rings. The maximum Gasteiger partial charge on any atom is 0.227 e. The van der Waals surface area contributed by atoms with Crippen LogP contribution in [0.1, 0.15) is 22.5 Å². The molecule has 0 aliphatic heterocycles. The van der Waals surface area contributed by atoms with E-state index in [9.17, 15) is 4.79 Å². The lowest BCUT2D eigenvalue weighted by Gasteiger charge is -2.22. The first-order chi connectivity index (χ1) is 11.0. The van der Waals surface area contributed by atoms with Gasteiger partial charge in [0.25, 0.3) is 0 Å². The van der Waals surface area contributed by atoms with Gasteiger partial charge in [0.2, 0.25) is 5.91 Å². The second kappa shape index (κ2) is 7.92. The van der Waals surface area contributed by atoms with Crippen LogP contribution in [-0.4, -0.2) is 40.2 Å². The Bertz CT molecular complexity index is 649. The maximum atomic E-state index is 12.7.